The fourth-order valence-electron chi connectivity index (χ4n) is 1.48. The van der Waals surface area contributed by atoms with Gasteiger partial charge in [0.2, 0.25) is 0 Å². The van der Waals surface area contributed by atoms with Crippen LogP contribution in [0.3, 0.4) is 0 Å². The van der Waals surface area contributed by atoms with E-state index >= 15 is 0 Å². The molecule has 0 atom stereocenters. The van der Waals surface area contributed by atoms with Crippen molar-refractivity contribution >= 4 is 11.2 Å². The average molecular weight is 208 g/mol. The number of ether oxygens (including phenoxy) is 1. The number of hydrogen-bond acceptors (Lipinski definition) is 4. The van der Waals surface area contributed by atoms with E-state index in [4.69, 9.17) is 4.74 Å². The Hall–Kier alpha value is -1.85. The largest absolute Gasteiger partial charge is 0.468 e. The summed E-state index contributed by atoms with van der Waals surface area (Å²) >= 11 is 0. The highest BCUT2D eigenvalue weighted by Crippen LogP contribution is 2.09. The lowest BCUT2D eigenvalue weighted by Crippen LogP contribution is -2.23. The number of nitrogens with one attached hydrogen (secondary N) is 1. The van der Waals surface area contributed by atoms with Gasteiger partial charge in [-0.25, -0.2) is 4.98 Å². The SMILES string of the molecule is CCCn1c(OC)nc2nc[nH]c2c1=O. The predicted molar refractivity (Wildman–Crippen MR) is 55.0 cm³/mol. The fraction of sp³-hybridized carbons (Fsp3) is 0.444. The van der Waals surface area contributed by atoms with Crippen LogP contribution < -0.4 is 10.3 Å². The zero-order valence-electron chi connectivity index (χ0n) is 8.65. The first-order valence-corrected chi connectivity index (χ1v) is 4.75. The van der Waals surface area contributed by atoms with Gasteiger partial charge in [-0.05, 0) is 6.42 Å². The van der Waals surface area contributed by atoms with Crippen LogP contribution in [0.2, 0.25) is 0 Å². The zero-order valence-corrected chi connectivity index (χ0v) is 8.65. The maximum absolute atomic E-state index is 11.9. The first kappa shape index (κ1) is 9.70. The standard InChI is InChI=1S/C9H12N4O2/c1-3-4-13-8(14)6-7(11-5-10-6)12-9(13)15-2/h5H,3-4H2,1-2H3,(H,10,11). The third-order valence-electron chi connectivity index (χ3n) is 2.14. The Morgan fingerprint density at radius 3 is 3.07 bits per heavy atom. The molecule has 15 heavy (non-hydrogen) atoms. The van der Waals surface area contributed by atoms with Crippen LogP contribution in [0, 0.1) is 0 Å². The second kappa shape index (κ2) is 3.72. The molecule has 0 saturated heterocycles. The fourth-order valence-corrected chi connectivity index (χ4v) is 1.48. The zero-order chi connectivity index (χ0) is 10.8. The van der Waals surface area contributed by atoms with Crippen LogP contribution in [0.5, 0.6) is 6.01 Å². The van der Waals surface area contributed by atoms with Gasteiger partial charge in [-0.15, -0.1) is 0 Å². The van der Waals surface area contributed by atoms with E-state index in [1.807, 2.05) is 6.92 Å². The van der Waals surface area contributed by atoms with Gasteiger partial charge >= 0.3 is 6.01 Å². The maximum Gasteiger partial charge on any atom is 0.301 e. The molecule has 0 unspecified atom stereocenters. The van der Waals surface area contributed by atoms with Crippen molar-refractivity contribution in [2.75, 3.05) is 7.11 Å². The minimum atomic E-state index is -0.142. The van der Waals surface area contributed by atoms with Gasteiger partial charge in [0.05, 0.1) is 13.4 Å². The molecule has 2 rings (SSSR count). The smallest absolute Gasteiger partial charge is 0.301 e. The third-order valence-corrected chi connectivity index (χ3v) is 2.14. The molecular weight excluding hydrogens is 196 g/mol. The van der Waals surface area contributed by atoms with Gasteiger partial charge in [-0.3, -0.25) is 9.36 Å². The van der Waals surface area contributed by atoms with Crippen molar-refractivity contribution < 1.29 is 4.74 Å². The van der Waals surface area contributed by atoms with Crippen LogP contribution in [-0.2, 0) is 6.54 Å². The van der Waals surface area contributed by atoms with Crippen molar-refractivity contribution in [2.45, 2.75) is 19.9 Å². The molecule has 0 aliphatic heterocycles. The molecule has 6 heteroatoms. The van der Waals surface area contributed by atoms with Crippen molar-refractivity contribution in [3.63, 3.8) is 0 Å². The molecule has 6 nitrogen and oxygen atoms in total. The van der Waals surface area contributed by atoms with Crippen LogP contribution in [-0.4, -0.2) is 26.6 Å². The Morgan fingerprint density at radius 1 is 1.60 bits per heavy atom. The molecule has 0 radical (unpaired) electrons. The summed E-state index contributed by atoms with van der Waals surface area (Å²) in [5.41, 5.74) is 0.671. The Bertz CT molecular complexity index is 528. The molecule has 0 aliphatic rings. The van der Waals surface area contributed by atoms with E-state index < -0.39 is 0 Å². The topological polar surface area (TPSA) is 72.8 Å². The summed E-state index contributed by atoms with van der Waals surface area (Å²) in [6, 6.07) is 0.307. The van der Waals surface area contributed by atoms with E-state index in [-0.39, 0.29) is 5.56 Å². The Labute approximate surface area is 85.9 Å². The molecule has 0 aliphatic carbocycles. The van der Waals surface area contributed by atoms with E-state index in [0.29, 0.717) is 23.7 Å². The third kappa shape index (κ3) is 1.47. The highest BCUT2D eigenvalue weighted by Gasteiger charge is 2.11. The van der Waals surface area contributed by atoms with Crippen LogP contribution in [0.4, 0.5) is 0 Å². The number of H-pyrrole nitrogens is 1. The summed E-state index contributed by atoms with van der Waals surface area (Å²) in [7, 11) is 1.49. The molecule has 2 aromatic heterocycles. The van der Waals surface area contributed by atoms with Gasteiger partial charge < -0.3 is 9.72 Å². The summed E-state index contributed by atoms with van der Waals surface area (Å²) in [5, 5.41) is 0. The summed E-state index contributed by atoms with van der Waals surface area (Å²) in [4.78, 5) is 22.8. The van der Waals surface area contributed by atoms with Crippen LogP contribution in [0.25, 0.3) is 11.2 Å². The summed E-state index contributed by atoms with van der Waals surface area (Å²) in [6.45, 7) is 2.58. The molecule has 2 heterocycles. The number of hydrogen-bond donors (Lipinski definition) is 1. The number of nitrogens with zero attached hydrogens (tertiary/aromatic N) is 3. The highest BCUT2D eigenvalue weighted by molar-refractivity contribution is 5.68. The van der Waals surface area contributed by atoms with Gasteiger partial charge in [0.15, 0.2) is 11.2 Å². The van der Waals surface area contributed by atoms with Gasteiger partial charge in [0, 0.05) is 6.54 Å². The van der Waals surface area contributed by atoms with Crippen molar-refractivity contribution in [3.05, 3.63) is 16.7 Å². The Morgan fingerprint density at radius 2 is 2.40 bits per heavy atom. The molecule has 0 fully saturated rings. The normalized spacial score (nSPS) is 10.8. The lowest BCUT2D eigenvalue weighted by molar-refractivity contribution is 0.347. The van der Waals surface area contributed by atoms with Crippen LogP contribution in [0.1, 0.15) is 13.3 Å². The summed E-state index contributed by atoms with van der Waals surface area (Å²) in [5.74, 6) is 0. The average Bonchev–Trinajstić information content (AvgIpc) is 2.70. The lowest BCUT2D eigenvalue weighted by atomic mass is 10.4. The molecular formula is C9H12N4O2. The Kier molecular flexibility index (Phi) is 2.40. The quantitative estimate of drug-likeness (QED) is 0.798. The number of fused-ring (bicyclic) bond motifs is 1. The molecule has 80 valence electrons. The number of rotatable bonds is 3. The second-order valence-corrected chi connectivity index (χ2v) is 3.16. The Balaban J connectivity index is 2.74. The summed E-state index contributed by atoms with van der Waals surface area (Å²) < 4.78 is 6.55. The molecule has 2 aromatic rings. The molecule has 0 aromatic carbocycles. The van der Waals surface area contributed by atoms with E-state index in [1.54, 1.807) is 0 Å². The van der Waals surface area contributed by atoms with Gasteiger partial charge in [-0.2, -0.15) is 4.98 Å². The first-order valence-electron chi connectivity index (χ1n) is 4.75. The van der Waals surface area contributed by atoms with Gasteiger partial charge in [0.25, 0.3) is 5.56 Å². The van der Waals surface area contributed by atoms with Crippen LogP contribution in [0.15, 0.2) is 11.1 Å². The van der Waals surface area contributed by atoms with Crippen molar-refractivity contribution in [1.29, 1.82) is 0 Å². The molecule has 0 saturated carbocycles. The van der Waals surface area contributed by atoms with Crippen molar-refractivity contribution in [3.8, 4) is 6.01 Å². The van der Waals surface area contributed by atoms with E-state index in [0.717, 1.165) is 6.42 Å². The van der Waals surface area contributed by atoms with E-state index in [9.17, 15) is 4.79 Å². The van der Waals surface area contributed by atoms with Crippen molar-refractivity contribution in [1.82, 2.24) is 19.5 Å². The summed E-state index contributed by atoms with van der Waals surface area (Å²) in [6.07, 6.45) is 2.30. The molecule has 1 N–H and O–H groups in total. The van der Waals surface area contributed by atoms with Gasteiger partial charge in [-0.1, -0.05) is 6.92 Å². The lowest BCUT2D eigenvalue weighted by Gasteiger charge is -2.08. The molecule has 0 spiro atoms. The van der Waals surface area contributed by atoms with E-state index in [2.05, 4.69) is 15.0 Å². The minimum absolute atomic E-state index is 0.142. The van der Waals surface area contributed by atoms with Crippen molar-refractivity contribution in [2.24, 2.45) is 0 Å². The maximum atomic E-state index is 11.9. The number of aromatic amines is 1. The highest BCUT2D eigenvalue weighted by atomic mass is 16.5. The minimum Gasteiger partial charge on any atom is -0.468 e. The van der Waals surface area contributed by atoms with E-state index in [1.165, 1.54) is 18.0 Å². The molecule has 0 amide bonds. The van der Waals surface area contributed by atoms with Gasteiger partial charge in [0.1, 0.15) is 0 Å². The first-order chi connectivity index (χ1) is 7.27. The predicted octanol–water partition coefficient (Wildman–Crippen LogP) is 0.538. The molecule has 0 bridgehead atoms. The van der Waals surface area contributed by atoms with Crippen LogP contribution >= 0.6 is 0 Å². The number of aromatic nitrogens is 4. The number of imidazole rings is 1. The number of methoxy groups -OCH3 is 1. The second-order valence-electron chi connectivity index (χ2n) is 3.16. The monoisotopic (exact) mass is 208 g/mol.